The highest BCUT2D eigenvalue weighted by molar-refractivity contribution is 5.90. The first kappa shape index (κ1) is 44.8. The van der Waals surface area contributed by atoms with Crippen molar-refractivity contribution in [2.75, 3.05) is 20.3 Å². The number of nitrogens with one attached hydrogen (secondary N) is 3. The van der Waals surface area contributed by atoms with E-state index in [4.69, 9.17) is 14.3 Å². The monoisotopic (exact) mass is 884 g/mol. The van der Waals surface area contributed by atoms with Gasteiger partial charge in [-0.3, -0.25) is 10.1 Å². The Morgan fingerprint density at radius 2 is 1.15 bits per heavy atom. The van der Waals surface area contributed by atoms with Crippen molar-refractivity contribution in [2.45, 2.75) is 49.2 Å². The summed E-state index contributed by atoms with van der Waals surface area (Å²) in [7, 11) is 1.63. The molecule has 7 aromatic rings. The molecule has 12 nitrogen and oxygen atoms in total. The lowest BCUT2D eigenvalue weighted by Crippen LogP contribution is -2.53. The third kappa shape index (κ3) is 9.94. The van der Waals surface area contributed by atoms with Gasteiger partial charge in [0.25, 0.3) is 0 Å². The minimum absolute atomic E-state index is 0.0423. The fraction of sp³-hybridized carbons (Fsp3) is 0.204. The first-order chi connectivity index (χ1) is 32.2. The summed E-state index contributed by atoms with van der Waals surface area (Å²) in [6, 6.07) is 53.4. The maximum absolute atomic E-state index is 14.3. The van der Waals surface area contributed by atoms with Crippen LogP contribution in [0.5, 0.6) is 17.5 Å². The number of nitrogens with zero attached hydrogens (tertiary/aromatic N) is 1. The predicted molar refractivity (Wildman–Crippen MR) is 251 cm³/mol. The molecule has 336 valence electrons. The second kappa shape index (κ2) is 20.8. The minimum Gasteiger partial charge on any atom is -0.497 e. The van der Waals surface area contributed by atoms with Crippen LogP contribution in [0.2, 0.25) is 0 Å². The molecule has 0 bridgehead atoms. The van der Waals surface area contributed by atoms with E-state index in [1.54, 1.807) is 7.11 Å². The molecule has 1 aliphatic carbocycles. The Labute approximate surface area is 383 Å². The van der Waals surface area contributed by atoms with Crippen molar-refractivity contribution in [3.05, 3.63) is 209 Å². The van der Waals surface area contributed by atoms with E-state index in [0.717, 1.165) is 50.3 Å². The molecule has 1 heterocycles. The lowest BCUT2D eigenvalue weighted by atomic mass is 9.77. The Hall–Kier alpha value is -7.83. The minimum atomic E-state index is -1.25. The van der Waals surface area contributed by atoms with Gasteiger partial charge in [-0.05, 0) is 82.4 Å². The number of ether oxygens (including phenoxy) is 2. The van der Waals surface area contributed by atoms with Gasteiger partial charge in [-0.25, -0.2) is 9.59 Å². The summed E-state index contributed by atoms with van der Waals surface area (Å²) in [5.74, 6) is -2.06. The van der Waals surface area contributed by atoms with Gasteiger partial charge in [0.05, 0.1) is 12.6 Å². The van der Waals surface area contributed by atoms with E-state index >= 15 is 0 Å². The van der Waals surface area contributed by atoms with Gasteiger partial charge in [0.15, 0.2) is 0 Å². The number of hydrogen-bond donors (Lipinski definition) is 5. The van der Waals surface area contributed by atoms with Crippen molar-refractivity contribution >= 4 is 18.0 Å². The van der Waals surface area contributed by atoms with Crippen LogP contribution in [0.25, 0.3) is 11.1 Å². The molecule has 2 amide bonds. The summed E-state index contributed by atoms with van der Waals surface area (Å²) in [5.41, 5.74) is 7.31. The van der Waals surface area contributed by atoms with E-state index in [9.17, 15) is 24.6 Å². The number of carbonyl (C=O) groups is 3. The Balaban J connectivity index is 0.995. The summed E-state index contributed by atoms with van der Waals surface area (Å²) in [6.45, 7) is 0.533. The van der Waals surface area contributed by atoms with Crippen molar-refractivity contribution in [2.24, 2.45) is 0 Å². The van der Waals surface area contributed by atoms with Crippen LogP contribution in [0.4, 0.5) is 4.79 Å². The number of rotatable bonds is 19. The van der Waals surface area contributed by atoms with Crippen LogP contribution < -0.4 is 25.5 Å². The quantitative estimate of drug-likeness (QED) is 0.0398. The molecule has 66 heavy (non-hydrogen) atoms. The maximum Gasteiger partial charge on any atom is 0.407 e. The van der Waals surface area contributed by atoms with Crippen molar-refractivity contribution in [1.82, 2.24) is 20.7 Å². The number of benzene rings is 6. The van der Waals surface area contributed by atoms with Crippen LogP contribution in [0.3, 0.4) is 0 Å². The lowest BCUT2D eigenvalue weighted by molar-refractivity contribution is -0.150. The number of unbranched alkanes of at least 4 members (excludes halogenated alkanes) is 1. The number of aromatic hydroxyl groups is 2. The van der Waals surface area contributed by atoms with Crippen molar-refractivity contribution in [1.29, 1.82) is 0 Å². The highest BCUT2D eigenvalue weighted by Gasteiger charge is 2.36. The van der Waals surface area contributed by atoms with E-state index in [1.165, 1.54) is 12.1 Å². The second-order valence-electron chi connectivity index (χ2n) is 16.2. The second-order valence-corrected chi connectivity index (χ2v) is 16.2. The Morgan fingerprint density at radius 3 is 1.73 bits per heavy atom. The zero-order valence-electron chi connectivity index (χ0n) is 36.5. The summed E-state index contributed by atoms with van der Waals surface area (Å²) < 4.78 is 11.9. The highest BCUT2D eigenvalue weighted by Crippen LogP contribution is 2.44. The van der Waals surface area contributed by atoms with Gasteiger partial charge in [0, 0.05) is 24.5 Å². The average molecular weight is 885 g/mol. The molecule has 0 radical (unpaired) electrons. The maximum atomic E-state index is 14.3. The molecule has 0 saturated heterocycles. The third-order valence-electron chi connectivity index (χ3n) is 12.1. The number of fused-ring (bicyclic) bond motifs is 3. The molecule has 6 aromatic carbocycles. The number of amides is 2. The molecule has 0 fully saturated rings. The fourth-order valence-corrected chi connectivity index (χ4v) is 8.78. The van der Waals surface area contributed by atoms with E-state index < -0.39 is 47.4 Å². The van der Waals surface area contributed by atoms with Gasteiger partial charge in [-0.1, -0.05) is 152 Å². The molecule has 0 saturated carbocycles. The molecule has 1 aromatic heterocycles. The largest absolute Gasteiger partial charge is 0.497 e. The van der Waals surface area contributed by atoms with E-state index in [0.29, 0.717) is 24.1 Å². The van der Waals surface area contributed by atoms with E-state index in [-0.39, 0.29) is 25.4 Å². The van der Waals surface area contributed by atoms with Gasteiger partial charge in [0.1, 0.15) is 24.4 Å². The van der Waals surface area contributed by atoms with Crippen LogP contribution >= 0.6 is 0 Å². The summed E-state index contributed by atoms with van der Waals surface area (Å²) >= 11 is 0. The van der Waals surface area contributed by atoms with Crippen molar-refractivity contribution < 1.29 is 38.9 Å². The van der Waals surface area contributed by atoms with Gasteiger partial charge in [-0.15, -0.1) is 4.73 Å². The van der Waals surface area contributed by atoms with E-state index in [2.05, 4.69) is 52.3 Å². The number of aromatic nitrogens is 1. The summed E-state index contributed by atoms with van der Waals surface area (Å²) in [5, 5.41) is 30.1. The SMILES string of the molecule is COc1ccc(C(NCCCCC(NC(=O)[C@H](Cc2ccccc2)NC(=O)OCC2c3ccccc3-c3ccccc32)C(=O)On2c(O)ccc2O)(c2ccccc2)c2ccccc2)cc1. The van der Waals surface area contributed by atoms with Crippen LogP contribution in [-0.2, 0) is 26.3 Å². The molecule has 0 spiro atoms. The molecule has 2 atom stereocenters. The molecule has 0 aliphatic heterocycles. The molecule has 1 unspecified atom stereocenters. The third-order valence-corrected chi connectivity index (χ3v) is 12.1. The van der Waals surface area contributed by atoms with Crippen molar-refractivity contribution in [3.8, 4) is 28.6 Å². The first-order valence-electron chi connectivity index (χ1n) is 22.0. The van der Waals surface area contributed by atoms with E-state index in [1.807, 2.05) is 127 Å². The van der Waals surface area contributed by atoms with Gasteiger partial charge in [0.2, 0.25) is 17.7 Å². The number of alkyl carbamates (subject to hydrolysis) is 1. The molecule has 12 heteroatoms. The van der Waals surface area contributed by atoms with Crippen LogP contribution in [0, 0.1) is 0 Å². The standard InChI is InChI=1S/C54H52N4O8/c1-64-41-30-28-40(29-31-41)54(38-19-7-3-8-20-38,39-21-9-4-10-22-39)55-34-16-15-27-47(52(62)66-58-49(59)32-33-50(58)60)56-51(61)48(35-37-17-5-2-6-18-37)57-53(63)65-36-46-44-25-13-11-23-42(44)43-24-12-14-26-45(43)46/h2-14,17-26,28-33,46-48,55,59-60H,15-16,27,34-36H2,1H3,(H,56,61)(H,57,63)/t47?,48-/m0/s1. The zero-order chi connectivity index (χ0) is 45.9. The lowest BCUT2D eigenvalue weighted by Gasteiger charge is -2.37. The molecule has 5 N–H and O–H groups in total. The summed E-state index contributed by atoms with van der Waals surface area (Å²) in [4.78, 5) is 47.3. The number of hydrogen-bond acceptors (Lipinski definition) is 9. The summed E-state index contributed by atoms with van der Waals surface area (Å²) in [6.07, 6.45) is 0.404. The normalized spacial score (nSPS) is 12.9. The fourth-order valence-electron chi connectivity index (χ4n) is 8.78. The van der Waals surface area contributed by atoms with Gasteiger partial charge >= 0.3 is 12.1 Å². The Kier molecular flexibility index (Phi) is 14.1. The van der Waals surface area contributed by atoms with Gasteiger partial charge < -0.3 is 35.2 Å². The Morgan fingerprint density at radius 1 is 0.621 bits per heavy atom. The first-order valence-corrected chi connectivity index (χ1v) is 22.0. The zero-order valence-corrected chi connectivity index (χ0v) is 36.5. The molecule has 8 rings (SSSR count). The molecule has 1 aliphatic rings. The average Bonchev–Trinajstić information content (AvgIpc) is 3.86. The predicted octanol–water partition coefficient (Wildman–Crippen LogP) is 8.25. The molecular weight excluding hydrogens is 833 g/mol. The smallest absolute Gasteiger partial charge is 0.407 e. The topological polar surface area (TPSA) is 160 Å². The van der Waals surface area contributed by atoms with Crippen LogP contribution in [0.1, 0.15) is 58.6 Å². The number of methoxy groups -OCH3 is 1. The van der Waals surface area contributed by atoms with Crippen LogP contribution in [-0.4, -0.2) is 65.3 Å². The molecular formula is C54H52N4O8. The Bertz CT molecular complexity index is 2620. The van der Waals surface area contributed by atoms with Gasteiger partial charge in [-0.2, -0.15) is 0 Å². The van der Waals surface area contributed by atoms with Crippen LogP contribution in [0.15, 0.2) is 176 Å². The number of carbonyl (C=O) groups excluding carboxylic acids is 3. The highest BCUT2D eigenvalue weighted by atomic mass is 16.7. The van der Waals surface area contributed by atoms with Crippen molar-refractivity contribution in [3.63, 3.8) is 0 Å².